The van der Waals surface area contributed by atoms with Gasteiger partial charge in [-0.25, -0.2) is 8.99 Å². The van der Waals surface area contributed by atoms with Gasteiger partial charge in [-0.15, -0.1) is 11.3 Å². The Morgan fingerprint density at radius 1 is 1.21 bits per heavy atom. The summed E-state index contributed by atoms with van der Waals surface area (Å²) in [6.07, 6.45) is 8.06. The Kier molecular flexibility index (Phi) is 4.59. The molecule has 1 aromatic heterocycles. The number of carbonyl (C=O) groups excluding carboxylic acids is 1. The fraction of sp³-hybridized carbons (Fsp3) is 0.458. The van der Waals surface area contributed by atoms with E-state index in [1.807, 2.05) is 17.5 Å². The Morgan fingerprint density at radius 2 is 2.07 bits per heavy atom. The van der Waals surface area contributed by atoms with Crippen molar-refractivity contribution in [1.29, 1.82) is 4.78 Å². The Labute approximate surface area is 177 Å². The second-order valence-corrected chi connectivity index (χ2v) is 12.2. The van der Waals surface area contributed by atoms with Gasteiger partial charge in [0.1, 0.15) is 19.7 Å². The van der Waals surface area contributed by atoms with E-state index in [2.05, 4.69) is 25.1 Å². The third-order valence-corrected chi connectivity index (χ3v) is 10.7. The topological polar surface area (TPSA) is 58.0 Å². The SMILES string of the molecule is C[C@]12CC[C@@H]3c4ccc(/C=C/S(=N)(=O)c5cccs5)cc4CC[C@H]3[C@@H]1CCC2=O. The van der Waals surface area contributed by atoms with E-state index < -0.39 is 9.73 Å². The molecule has 2 aromatic rings. The fourth-order valence-electron chi connectivity index (χ4n) is 6.15. The Balaban J connectivity index is 1.40. The minimum atomic E-state index is -2.87. The summed E-state index contributed by atoms with van der Waals surface area (Å²) in [6, 6.07) is 10.2. The van der Waals surface area contributed by atoms with Gasteiger partial charge in [0.2, 0.25) is 0 Å². The van der Waals surface area contributed by atoms with Crippen LogP contribution >= 0.6 is 11.3 Å². The number of hydrogen-bond donors (Lipinski definition) is 1. The molecule has 3 aliphatic carbocycles. The number of aryl methyl sites for hydroxylation is 1. The lowest BCUT2D eigenvalue weighted by molar-refractivity contribution is -0.129. The summed E-state index contributed by atoms with van der Waals surface area (Å²) in [5, 5.41) is 3.40. The lowest BCUT2D eigenvalue weighted by Gasteiger charge is -2.48. The first-order valence-electron chi connectivity index (χ1n) is 10.5. The van der Waals surface area contributed by atoms with Gasteiger partial charge in [0.15, 0.2) is 0 Å². The van der Waals surface area contributed by atoms with Crippen molar-refractivity contribution in [3.8, 4) is 0 Å². The normalized spacial score (nSPS) is 33.1. The van der Waals surface area contributed by atoms with Crippen molar-refractivity contribution in [2.45, 2.75) is 55.6 Å². The van der Waals surface area contributed by atoms with Gasteiger partial charge in [-0.05, 0) is 84.1 Å². The van der Waals surface area contributed by atoms with Crippen molar-refractivity contribution in [2.75, 3.05) is 0 Å². The molecular weight excluding hydrogens is 398 g/mol. The van der Waals surface area contributed by atoms with Crippen molar-refractivity contribution < 1.29 is 9.00 Å². The molecule has 29 heavy (non-hydrogen) atoms. The molecule has 0 spiro atoms. The molecule has 3 nitrogen and oxygen atoms in total. The number of ketones is 1. The van der Waals surface area contributed by atoms with Crippen LogP contribution in [0.4, 0.5) is 0 Å². The van der Waals surface area contributed by atoms with E-state index in [1.54, 1.807) is 11.5 Å². The molecule has 3 aliphatic rings. The molecule has 0 amide bonds. The van der Waals surface area contributed by atoms with Crippen LogP contribution in [-0.4, -0.2) is 9.99 Å². The number of carbonyl (C=O) groups is 1. The second-order valence-electron chi connectivity index (χ2n) is 9.13. The number of fused-ring (bicyclic) bond motifs is 5. The van der Waals surface area contributed by atoms with Crippen LogP contribution in [0.15, 0.2) is 45.3 Å². The van der Waals surface area contributed by atoms with Crippen LogP contribution in [0.2, 0.25) is 0 Å². The summed E-state index contributed by atoms with van der Waals surface area (Å²) in [6.45, 7) is 2.22. The molecule has 152 valence electrons. The summed E-state index contributed by atoms with van der Waals surface area (Å²) in [7, 11) is -2.87. The van der Waals surface area contributed by atoms with Crippen LogP contribution in [0.1, 0.15) is 61.6 Å². The molecular formula is C24H27NO2S2. The fourth-order valence-corrected chi connectivity index (χ4v) is 8.27. The number of hydrogen-bond acceptors (Lipinski definition) is 4. The van der Waals surface area contributed by atoms with Gasteiger partial charge in [-0.2, -0.15) is 0 Å². The molecule has 0 saturated heterocycles. The molecule has 5 heteroatoms. The maximum absolute atomic E-state index is 12.6. The van der Waals surface area contributed by atoms with E-state index in [4.69, 9.17) is 4.78 Å². The van der Waals surface area contributed by atoms with E-state index >= 15 is 0 Å². The van der Waals surface area contributed by atoms with Gasteiger partial charge in [0.25, 0.3) is 0 Å². The summed E-state index contributed by atoms with van der Waals surface area (Å²) >= 11 is 1.37. The Hall–Kier alpha value is -1.72. The number of benzene rings is 1. The highest BCUT2D eigenvalue weighted by atomic mass is 32.2. The monoisotopic (exact) mass is 425 g/mol. The van der Waals surface area contributed by atoms with Crippen LogP contribution in [0.3, 0.4) is 0 Å². The van der Waals surface area contributed by atoms with Crippen LogP contribution in [0.25, 0.3) is 6.08 Å². The summed E-state index contributed by atoms with van der Waals surface area (Å²) < 4.78 is 21.4. The van der Waals surface area contributed by atoms with Gasteiger partial charge < -0.3 is 0 Å². The third kappa shape index (κ3) is 3.14. The molecule has 0 radical (unpaired) electrons. The zero-order valence-electron chi connectivity index (χ0n) is 16.7. The number of thiophene rings is 1. The highest BCUT2D eigenvalue weighted by molar-refractivity contribution is 7.97. The van der Waals surface area contributed by atoms with E-state index in [0.29, 0.717) is 27.7 Å². The maximum Gasteiger partial charge on any atom is 0.139 e. The first-order valence-corrected chi connectivity index (χ1v) is 13.1. The minimum absolute atomic E-state index is 0.0719. The molecule has 2 fully saturated rings. The van der Waals surface area contributed by atoms with Gasteiger partial charge in [0.05, 0.1) is 0 Å². The summed E-state index contributed by atoms with van der Waals surface area (Å²) in [4.78, 5) is 12.5. The van der Waals surface area contributed by atoms with Gasteiger partial charge in [-0.1, -0.05) is 31.2 Å². The molecule has 1 aromatic carbocycles. The highest BCUT2D eigenvalue weighted by Crippen LogP contribution is 2.59. The molecule has 1 heterocycles. The van der Waals surface area contributed by atoms with Crippen molar-refractivity contribution in [3.63, 3.8) is 0 Å². The standard InChI is InChI=1S/C24H27NO2S2/c1-24-12-10-19-18-6-4-16(11-14-29(25,27)23-3-2-13-28-23)15-17(18)5-7-20(19)21(24)8-9-22(24)26/h2-4,6,11,13-15,19-21,25H,5,7-10,12H2,1H3/b14-11+/t19-,20-,21+,24+,29?/m1/s1. The number of nitrogens with one attached hydrogen (secondary N) is 1. The Bertz CT molecular complexity index is 1080. The van der Waals surface area contributed by atoms with Crippen molar-refractivity contribution in [1.82, 2.24) is 0 Å². The maximum atomic E-state index is 12.6. The smallest absolute Gasteiger partial charge is 0.139 e. The number of Topliss-reactive ketones (excluding diaryl/α,β-unsaturated/α-hetero) is 1. The van der Waals surface area contributed by atoms with E-state index in [9.17, 15) is 9.00 Å². The molecule has 1 N–H and O–H groups in total. The van der Waals surface area contributed by atoms with Crippen LogP contribution in [0.5, 0.6) is 0 Å². The molecule has 2 saturated carbocycles. The lowest BCUT2D eigenvalue weighted by atomic mass is 9.55. The van der Waals surface area contributed by atoms with Gasteiger partial charge in [-0.3, -0.25) is 4.79 Å². The first kappa shape index (κ1) is 19.3. The van der Waals surface area contributed by atoms with Crippen molar-refractivity contribution >= 4 is 32.9 Å². The zero-order valence-corrected chi connectivity index (χ0v) is 18.4. The molecule has 5 atom stereocenters. The third-order valence-electron chi connectivity index (χ3n) is 7.71. The minimum Gasteiger partial charge on any atom is -0.299 e. The van der Waals surface area contributed by atoms with Crippen LogP contribution in [0, 0.1) is 22.0 Å². The number of rotatable bonds is 3. The Morgan fingerprint density at radius 3 is 2.86 bits per heavy atom. The zero-order chi connectivity index (χ0) is 20.2. The molecule has 0 aliphatic heterocycles. The second kappa shape index (κ2) is 6.92. The van der Waals surface area contributed by atoms with E-state index in [-0.39, 0.29) is 5.41 Å². The molecule has 0 bridgehead atoms. The van der Waals surface area contributed by atoms with Gasteiger partial charge in [0, 0.05) is 17.2 Å². The summed E-state index contributed by atoms with van der Waals surface area (Å²) in [5.74, 6) is 2.27. The van der Waals surface area contributed by atoms with Crippen molar-refractivity contribution in [3.05, 3.63) is 57.8 Å². The predicted octanol–water partition coefficient (Wildman–Crippen LogP) is 6.25. The quantitative estimate of drug-likeness (QED) is 0.632. The highest BCUT2D eigenvalue weighted by Gasteiger charge is 2.54. The lowest BCUT2D eigenvalue weighted by Crippen LogP contribution is -2.42. The average molecular weight is 426 g/mol. The molecule has 5 rings (SSSR count). The summed E-state index contributed by atoms with van der Waals surface area (Å²) in [5.41, 5.74) is 3.81. The average Bonchev–Trinajstić information content (AvgIpc) is 3.35. The largest absolute Gasteiger partial charge is 0.299 e. The van der Waals surface area contributed by atoms with E-state index in [1.165, 1.54) is 28.9 Å². The predicted molar refractivity (Wildman–Crippen MR) is 119 cm³/mol. The van der Waals surface area contributed by atoms with Crippen molar-refractivity contribution in [2.24, 2.45) is 17.3 Å². The van der Waals surface area contributed by atoms with Crippen LogP contribution in [-0.2, 0) is 20.9 Å². The molecule has 1 unspecified atom stereocenters. The van der Waals surface area contributed by atoms with E-state index in [0.717, 1.165) is 37.7 Å². The van der Waals surface area contributed by atoms with Crippen LogP contribution < -0.4 is 0 Å². The van der Waals surface area contributed by atoms with Gasteiger partial charge >= 0.3 is 0 Å². The first-order chi connectivity index (χ1) is 13.9.